The molecule has 0 unspecified atom stereocenters. The Hall–Kier alpha value is -2.36. The number of primary amides is 1. The van der Waals surface area contributed by atoms with Crippen LogP contribution in [0, 0.1) is 11.3 Å². The van der Waals surface area contributed by atoms with E-state index in [1.54, 1.807) is 0 Å². The van der Waals surface area contributed by atoms with Crippen LogP contribution in [-0.4, -0.2) is 21.5 Å². The number of aromatic nitrogens is 2. The summed E-state index contributed by atoms with van der Waals surface area (Å²) >= 11 is 0. The predicted molar refractivity (Wildman–Crippen MR) is 66.8 cm³/mol. The Labute approximate surface area is 110 Å². The molecule has 7 nitrogen and oxygen atoms in total. The van der Waals surface area contributed by atoms with Gasteiger partial charge in [0.05, 0.1) is 18.0 Å². The summed E-state index contributed by atoms with van der Waals surface area (Å²) in [5, 5.41) is 13.1. The molecule has 0 aliphatic heterocycles. The molecular weight excluding hydrogens is 246 g/mol. The van der Waals surface area contributed by atoms with Gasteiger partial charge in [-0.3, -0.25) is 14.3 Å². The molecule has 1 fully saturated rings. The lowest BCUT2D eigenvalue weighted by Crippen LogP contribution is -2.38. The van der Waals surface area contributed by atoms with Crippen LogP contribution in [0.5, 0.6) is 0 Å². The maximum Gasteiger partial charge on any atom is 0.254 e. The van der Waals surface area contributed by atoms with Gasteiger partial charge in [-0.2, -0.15) is 10.4 Å². The third kappa shape index (κ3) is 2.29. The third-order valence-corrected chi connectivity index (χ3v) is 3.64. The molecule has 2 rings (SSSR count). The fraction of sp³-hybridized carbons (Fsp3) is 0.500. The van der Waals surface area contributed by atoms with Crippen LogP contribution in [0.25, 0.3) is 0 Å². The van der Waals surface area contributed by atoms with Gasteiger partial charge in [0.1, 0.15) is 11.3 Å². The molecule has 1 heterocycles. The highest BCUT2D eigenvalue weighted by molar-refractivity contribution is 5.96. The van der Waals surface area contributed by atoms with Crippen molar-refractivity contribution in [1.82, 2.24) is 9.78 Å². The van der Waals surface area contributed by atoms with Crippen LogP contribution in [0.2, 0.25) is 0 Å². The molecule has 0 bridgehead atoms. The largest absolute Gasteiger partial charge is 0.382 e. The first kappa shape index (κ1) is 13.1. The highest BCUT2D eigenvalue weighted by Crippen LogP contribution is 2.36. The molecule has 1 aliphatic rings. The van der Waals surface area contributed by atoms with Gasteiger partial charge in [-0.25, -0.2) is 0 Å². The summed E-state index contributed by atoms with van der Waals surface area (Å²) in [6.07, 6.45) is 3.57. The van der Waals surface area contributed by atoms with Crippen LogP contribution in [0.15, 0.2) is 6.20 Å². The molecule has 100 valence electrons. The highest BCUT2D eigenvalue weighted by atomic mass is 16.1. The van der Waals surface area contributed by atoms with E-state index in [-0.39, 0.29) is 23.6 Å². The Morgan fingerprint density at radius 2 is 2.16 bits per heavy atom. The number of anilines is 1. The number of hydrogen-bond donors (Lipinski definition) is 2. The molecule has 0 aromatic carbocycles. The van der Waals surface area contributed by atoms with Gasteiger partial charge in [-0.05, 0) is 12.8 Å². The normalized spacial score (nSPS) is 17.9. The van der Waals surface area contributed by atoms with Crippen molar-refractivity contribution in [1.29, 1.82) is 5.26 Å². The number of nitrogens with two attached hydrogens (primary N) is 2. The van der Waals surface area contributed by atoms with Crippen LogP contribution in [0.3, 0.4) is 0 Å². The standard InChI is InChI=1S/C12H15N5O2/c13-6-5-12(3-1-8(18)2-4-12)17-7-9(11(15)19)10(14)16-17/h7H,1-5H2,(H2,14,16)(H2,15,19). The summed E-state index contributed by atoms with van der Waals surface area (Å²) in [4.78, 5) is 22.6. The number of rotatable bonds is 3. The topological polar surface area (TPSA) is 128 Å². The lowest BCUT2D eigenvalue weighted by atomic mass is 9.79. The van der Waals surface area contributed by atoms with Gasteiger partial charge in [-0.15, -0.1) is 0 Å². The molecule has 1 aromatic rings. The first-order valence-corrected chi connectivity index (χ1v) is 6.02. The van der Waals surface area contributed by atoms with E-state index < -0.39 is 11.4 Å². The number of Topliss-reactive ketones (excluding diaryl/α,β-unsaturated/α-hetero) is 1. The highest BCUT2D eigenvalue weighted by Gasteiger charge is 2.38. The van der Waals surface area contributed by atoms with Gasteiger partial charge in [-0.1, -0.05) is 0 Å². The van der Waals surface area contributed by atoms with E-state index in [0.29, 0.717) is 25.7 Å². The number of carbonyl (C=O) groups excluding carboxylic acids is 2. The van der Waals surface area contributed by atoms with Gasteiger partial charge in [0.15, 0.2) is 5.82 Å². The Bertz CT molecular complexity index is 559. The van der Waals surface area contributed by atoms with E-state index in [0.717, 1.165) is 0 Å². The zero-order valence-corrected chi connectivity index (χ0v) is 10.4. The Morgan fingerprint density at radius 1 is 1.53 bits per heavy atom. The molecule has 1 aliphatic carbocycles. The first-order chi connectivity index (χ1) is 8.98. The van der Waals surface area contributed by atoms with Crippen molar-refractivity contribution in [2.45, 2.75) is 37.6 Å². The average Bonchev–Trinajstić information content (AvgIpc) is 2.75. The molecule has 1 aromatic heterocycles. The Kier molecular flexibility index (Phi) is 3.25. The predicted octanol–water partition coefficient (Wildman–Crippen LogP) is 0.316. The Morgan fingerprint density at radius 3 is 2.63 bits per heavy atom. The van der Waals surface area contributed by atoms with Gasteiger partial charge in [0.25, 0.3) is 5.91 Å². The quantitative estimate of drug-likeness (QED) is 0.809. The fourth-order valence-electron chi connectivity index (χ4n) is 2.45. The number of hydrogen-bond acceptors (Lipinski definition) is 5. The number of carbonyl (C=O) groups is 2. The summed E-state index contributed by atoms with van der Waals surface area (Å²) in [5.74, 6) is -0.409. The minimum atomic E-state index is -0.650. The maximum atomic E-state index is 11.4. The molecule has 0 radical (unpaired) electrons. The van der Waals surface area contributed by atoms with Crippen molar-refractivity contribution in [2.24, 2.45) is 5.73 Å². The lowest BCUT2D eigenvalue weighted by Gasteiger charge is -2.35. The summed E-state index contributed by atoms with van der Waals surface area (Å²) in [6, 6.07) is 2.12. The van der Waals surface area contributed by atoms with Crippen molar-refractivity contribution in [3.63, 3.8) is 0 Å². The smallest absolute Gasteiger partial charge is 0.254 e. The van der Waals surface area contributed by atoms with E-state index in [1.807, 2.05) is 0 Å². The SMILES string of the molecule is N#CCC1(n2cc(C(N)=O)c(N)n2)CCC(=O)CC1. The second-order valence-corrected chi connectivity index (χ2v) is 4.83. The molecule has 4 N–H and O–H groups in total. The Balaban J connectivity index is 2.40. The van der Waals surface area contributed by atoms with Gasteiger partial charge >= 0.3 is 0 Å². The van der Waals surface area contributed by atoms with Gasteiger partial charge in [0.2, 0.25) is 0 Å². The summed E-state index contributed by atoms with van der Waals surface area (Å²) in [6.45, 7) is 0. The minimum absolute atomic E-state index is 0.0571. The number of nitrogen functional groups attached to an aromatic ring is 1. The second-order valence-electron chi connectivity index (χ2n) is 4.83. The number of ketones is 1. The monoisotopic (exact) mass is 261 g/mol. The first-order valence-electron chi connectivity index (χ1n) is 6.02. The van der Waals surface area contributed by atoms with Crippen LogP contribution in [0.1, 0.15) is 42.5 Å². The van der Waals surface area contributed by atoms with Crippen LogP contribution in [-0.2, 0) is 10.3 Å². The van der Waals surface area contributed by atoms with E-state index in [4.69, 9.17) is 16.7 Å². The fourth-order valence-corrected chi connectivity index (χ4v) is 2.45. The average molecular weight is 261 g/mol. The van der Waals surface area contributed by atoms with E-state index in [2.05, 4.69) is 11.2 Å². The van der Waals surface area contributed by atoms with Crippen molar-refractivity contribution in [3.8, 4) is 6.07 Å². The second kappa shape index (κ2) is 4.72. The zero-order valence-electron chi connectivity index (χ0n) is 10.4. The van der Waals surface area contributed by atoms with E-state index >= 15 is 0 Å². The van der Waals surface area contributed by atoms with Gasteiger partial charge < -0.3 is 11.5 Å². The van der Waals surface area contributed by atoms with Crippen LogP contribution < -0.4 is 11.5 Å². The molecule has 1 amide bonds. The van der Waals surface area contributed by atoms with Crippen LogP contribution in [0.4, 0.5) is 5.82 Å². The molecule has 1 saturated carbocycles. The van der Waals surface area contributed by atoms with E-state index in [9.17, 15) is 9.59 Å². The number of nitrogens with zero attached hydrogens (tertiary/aromatic N) is 3. The van der Waals surface area contributed by atoms with Crippen molar-refractivity contribution >= 4 is 17.5 Å². The zero-order chi connectivity index (χ0) is 14.0. The van der Waals surface area contributed by atoms with Crippen molar-refractivity contribution in [2.75, 3.05) is 5.73 Å². The molecule has 0 atom stereocenters. The molecule has 0 spiro atoms. The molecule has 0 saturated heterocycles. The number of amides is 1. The van der Waals surface area contributed by atoms with Crippen molar-refractivity contribution in [3.05, 3.63) is 11.8 Å². The van der Waals surface area contributed by atoms with Crippen LogP contribution >= 0.6 is 0 Å². The summed E-state index contributed by atoms with van der Waals surface area (Å²) in [5.41, 5.74) is 10.4. The van der Waals surface area contributed by atoms with Crippen molar-refractivity contribution < 1.29 is 9.59 Å². The number of nitriles is 1. The minimum Gasteiger partial charge on any atom is -0.382 e. The van der Waals surface area contributed by atoms with Gasteiger partial charge in [0, 0.05) is 19.0 Å². The maximum absolute atomic E-state index is 11.4. The molecule has 19 heavy (non-hydrogen) atoms. The molecule has 7 heteroatoms. The van der Waals surface area contributed by atoms with E-state index in [1.165, 1.54) is 10.9 Å². The third-order valence-electron chi connectivity index (χ3n) is 3.64. The molecular formula is C12H15N5O2. The summed E-state index contributed by atoms with van der Waals surface area (Å²) in [7, 11) is 0. The lowest BCUT2D eigenvalue weighted by molar-refractivity contribution is -0.122. The summed E-state index contributed by atoms with van der Waals surface area (Å²) < 4.78 is 1.54.